The Bertz CT molecular complexity index is 711. The SMILES string of the molecule is CC(C)[C@@H](O)c1ccc2ccccc2c1C(=O)N(C(C)C)C(C)C. The summed E-state index contributed by atoms with van der Waals surface area (Å²) < 4.78 is 0. The molecule has 1 amide bonds. The maximum absolute atomic E-state index is 13.4. The summed E-state index contributed by atoms with van der Waals surface area (Å²) in [6.45, 7) is 12.1. The van der Waals surface area contributed by atoms with Crippen molar-refractivity contribution in [3.63, 3.8) is 0 Å². The van der Waals surface area contributed by atoms with Crippen molar-refractivity contribution in [2.24, 2.45) is 5.92 Å². The molecule has 0 bridgehead atoms. The number of amides is 1. The Balaban J connectivity index is 2.73. The van der Waals surface area contributed by atoms with Crippen LogP contribution in [-0.2, 0) is 0 Å². The number of carbonyl (C=O) groups is 1. The molecule has 0 saturated carbocycles. The molecule has 0 saturated heterocycles. The Morgan fingerprint density at radius 1 is 0.917 bits per heavy atom. The van der Waals surface area contributed by atoms with E-state index >= 15 is 0 Å². The van der Waals surface area contributed by atoms with Crippen LogP contribution >= 0.6 is 0 Å². The van der Waals surface area contributed by atoms with Gasteiger partial charge in [-0.1, -0.05) is 50.2 Å². The largest absolute Gasteiger partial charge is 0.388 e. The second-order valence-electron chi connectivity index (χ2n) is 7.34. The number of hydrogen-bond donors (Lipinski definition) is 1. The molecule has 0 spiro atoms. The van der Waals surface area contributed by atoms with Crippen LogP contribution in [0.2, 0.25) is 0 Å². The maximum atomic E-state index is 13.4. The monoisotopic (exact) mass is 327 g/mol. The third kappa shape index (κ3) is 3.46. The van der Waals surface area contributed by atoms with E-state index < -0.39 is 6.10 Å². The Hall–Kier alpha value is -1.87. The number of aliphatic hydroxyl groups is 1. The Labute approximate surface area is 145 Å². The Morgan fingerprint density at radius 3 is 2.04 bits per heavy atom. The van der Waals surface area contributed by atoms with Gasteiger partial charge in [-0.25, -0.2) is 0 Å². The third-order valence-electron chi connectivity index (χ3n) is 4.47. The van der Waals surface area contributed by atoms with Crippen LogP contribution in [0, 0.1) is 5.92 Å². The lowest BCUT2D eigenvalue weighted by Gasteiger charge is -2.32. The summed E-state index contributed by atoms with van der Waals surface area (Å²) in [5.74, 6) is 0.0377. The highest BCUT2D eigenvalue weighted by Crippen LogP contribution is 2.32. The first-order valence-corrected chi connectivity index (χ1v) is 8.78. The number of rotatable bonds is 5. The lowest BCUT2D eigenvalue weighted by atomic mass is 9.90. The summed E-state index contributed by atoms with van der Waals surface area (Å²) in [4.78, 5) is 15.3. The van der Waals surface area contributed by atoms with Gasteiger partial charge in [0.1, 0.15) is 0 Å². The summed E-state index contributed by atoms with van der Waals surface area (Å²) in [6, 6.07) is 12.0. The summed E-state index contributed by atoms with van der Waals surface area (Å²) >= 11 is 0. The Kier molecular flexibility index (Phi) is 5.66. The maximum Gasteiger partial charge on any atom is 0.255 e. The van der Waals surface area contributed by atoms with Crippen LogP contribution in [0.3, 0.4) is 0 Å². The molecule has 0 aliphatic rings. The van der Waals surface area contributed by atoms with Crippen molar-refractivity contribution in [3.8, 4) is 0 Å². The van der Waals surface area contributed by atoms with Crippen LogP contribution in [0.4, 0.5) is 0 Å². The minimum Gasteiger partial charge on any atom is -0.388 e. The van der Waals surface area contributed by atoms with E-state index in [9.17, 15) is 9.90 Å². The van der Waals surface area contributed by atoms with Gasteiger partial charge in [0.25, 0.3) is 5.91 Å². The van der Waals surface area contributed by atoms with Crippen LogP contribution in [0.1, 0.15) is 63.6 Å². The van der Waals surface area contributed by atoms with Crippen LogP contribution in [-0.4, -0.2) is 28.0 Å². The minimum absolute atomic E-state index is 0.00787. The van der Waals surface area contributed by atoms with E-state index in [-0.39, 0.29) is 23.9 Å². The third-order valence-corrected chi connectivity index (χ3v) is 4.47. The molecule has 3 heteroatoms. The fourth-order valence-electron chi connectivity index (χ4n) is 3.33. The van der Waals surface area contributed by atoms with Gasteiger partial charge in [0, 0.05) is 12.1 Å². The molecule has 1 atom stereocenters. The molecule has 0 unspecified atom stereocenters. The molecule has 0 radical (unpaired) electrons. The highest BCUT2D eigenvalue weighted by Gasteiger charge is 2.28. The molecule has 0 fully saturated rings. The molecule has 130 valence electrons. The molecule has 0 aliphatic carbocycles. The smallest absolute Gasteiger partial charge is 0.255 e. The number of nitrogens with zero attached hydrogens (tertiary/aromatic N) is 1. The average molecular weight is 327 g/mol. The van der Waals surface area contributed by atoms with Crippen molar-refractivity contribution < 1.29 is 9.90 Å². The predicted molar refractivity (Wildman–Crippen MR) is 100 cm³/mol. The highest BCUT2D eigenvalue weighted by atomic mass is 16.3. The van der Waals surface area contributed by atoms with Crippen LogP contribution in [0.25, 0.3) is 10.8 Å². The quantitative estimate of drug-likeness (QED) is 0.858. The summed E-state index contributed by atoms with van der Waals surface area (Å²) in [5.41, 5.74) is 1.36. The van der Waals surface area contributed by atoms with E-state index in [0.29, 0.717) is 5.56 Å². The van der Waals surface area contributed by atoms with Crippen LogP contribution in [0.5, 0.6) is 0 Å². The van der Waals surface area contributed by atoms with Crippen LogP contribution in [0.15, 0.2) is 36.4 Å². The van der Waals surface area contributed by atoms with E-state index in [1.54, 1.807) is 0 Å². The van der Waals surface area contributed by atoms with Gasteiger partial charge in [0.2, 0.25) is 0 Å². The van der Waals surface area contributed by atoms with Gasteiger partial charge in [-0.05, 0) is 49.9 Å². The first kappa shape index (κ1) is 18.5. The summed E-state index contributed by atoms with van der Waals surface area (Å²) in [6.07, 6.45) is -0.658. The lowest BCUT2D eigenvalue weighted by Crippen LogP contribution is -2.42. The van der Waals surface area contributed by atoms with Gasteiger partial charge >= 0.3 is 0 Å². The summed E-state index contributed by atoms with van der Waals surface area (Å²) in [5, 5.41) is 12.6. The van der Waals surface area contributed by atoms with Gasteiger partial charge in [-0.15, -0.1) is 0 Å². The zero-order chi connectivity index (χ0) is 18.0. The number of aliphatic hydroxyl groups excluding tert-OH is 1. The van der Waals surface area contributed by atoms with E-state index in [1.807, 2.05) is 82.8 Å². The zero-order valence-corrected chi connectivity index (χ0v) is 15.6. The van der Waals surface area contributed by atoms with Gasteiger partial charge < -0.3 is 10.0 Å². The van der Waals surface area contributed by atoms with Gasteiger partial charge in [-0.2, -0.15) is 0 Å². The molecule has 24 heavy (non-hydrogen) atoms. The number of benzene rings is 2. The first-order valence-electron chi connectivity index (χ1n) is 8.78. The molecule has 2 rings (SSSR count). The second-order valence-corrected chi connectivity index (χ2v) is 7.34. The number of fused-ring (bicyclic) bond motifs is 1. The molecule has 3 nitrogen and oxygen atoms in total. The fraction of sp³-hybridized carbons (Fsp3) is 0.476. The van der Waals surface area contributed by atoms with Crippen molar-refractivity contribution in [3.05, 3.63) is 47.5 Å². The fourth-order valence-corrected chi connectivity index (χ4v) is 3.33. The molecule has 2 aromatic rings. The van der Waals surface area contributed by atoms with Gasteiger partial charge in [0.05, 0.1) is 11.7 Å². The number of carbonyl (C=O) groups excluding carboxylic acids is 1. The van der Waals surface area contributed by atoms with Crippen molar-refractivity contribution in [1.82, 2.24) is 4.90 Å². The van der Waals surface area contributed by atoms with Crippen molar-refractivity contribution >= 4 is 16.7 Å². The van der Waals surface area contributed by atoms with Crippen molar-refractivity contribution in [2.45, 2.75) is 59.7 Å². The Morgan fingerprint density at radius 2 is 1.50 bits per heavy atom. The summed E-state index contributed by atoms with van der Waals surface area (Å²) in [7, 11) is 0. The van der Waals surface area contributed by atoms with E-state index in [1.165, 1.54) is 0 Å². The van der Waals surface area contributed by atoms with Crippen molar-refractivity contribution in [1.29, 1.82) is 0 Å². The normalized spacial score (nSPS) is 13.1. The zero-order valence-electron chi connectivity index (χ0n) is 15.6. The van der Waals surface area contributed by atoms with Gasteiger partial charge in [0.15, 0.2) is 0 Å². The minimum atomic E-state index is -0.658. The lowest BCUT2D eigenvalue weighted by molar-refractivity contribution is 0.0633. The predicted octanol–water partition coefficient (Wildman–Crippen LogP) is 4.79. The highest BCUT2D eigenvalue weighted by molar-refractivity contribution is 6.08. The molecular weight excluding hydrogens is 298 g/mol. The van der Waals surface area contributed by atoms with Crippen molar-refractivity contribution in [2.75, 3.05) is 0 Å². The molecule has 0 aromatic heterocycles. The molecule has 0 aliphatic heterocycles. The van der Waals surface area contributed by atoms with Gasteiger partial charge in [-0.3, -0.25) is 4.79 Å². The topological polar surface area (TPSA) is 40.5 Å². The van der Waals surface area contributed by atoms with E-state index in [2.05, 4.69) is 0 Å². The first-order chi connectivity index (χ1) is 11.3. The second kappa shape index (κ2) is 7.35. The molecule has 1 N–H and O–H groups in total. The van der Waals surface area contributed by atoms with Crippen LogP contribution < -0.4 is 0 Å². The molecule has 0 heterocycles. The molecular formula is C21H29NO2. The average Bonchev–Trinajstić information content (AvgIpc) is 2.52. The number of hydrogen-bond acceptors (Lipinski definition) is 2. The standard InChI is InChI=1S/C21H29NO2/c1-13(2)20(23)18-12-11-16-9-7-8-10-17(16)19(18)21(24)22(14(3)4)15(5)6/h7-15,20,23H,1-6H3/t20-/m1/s1. The van der Waals surface area contributed by atoms with E-state index in [0.717, 1.165) is 16.3 Å². The molecule has 2 aromatic carbocycles. The van der Waals surface area contributed by atoms with E-state index in [4.69, 9.17) is 0 Å².